The number of rotatable bonds is 3. The molecule has 0 N–H and O–H groups in total. The molecular weight excluding hydrogens is 386 g/mol. The van der Waals surface area contributed by atoms with E-state index in [-0.39, 0.29) is 10.9 Å². The topological polar surface area (TPSA) is 63.7 Å². The summed E-state index contributed by atoms with van der Waals surface area (Å²) < 4.78 is 34.4. The van der Waals surface area contributed by atoms with Crippen molar-refractivity contribution in [2.24, 2.45) is 0 Å². The van der Waals surface area contributed by atoms with E-state index in [0.717, 1.165) is 36.8 Å². The number of anilines is 1. The van der Waals surface area contributed by atoms with Crippen molar-refractivity contribution in [2.45, 2.75) is 61.8 Å². The smallest absolute Gasteiger partial charge is 0.318 e. The van der Waals surface area contributed by atoms with Gasteiger partial charge in [0, 0.05) is 0 Å². The second-order valence-corrected chi connectivity index (χ2v) is 9.88. The summed E-state index contributed by atoms with van der Waals surface area (Å²) in [6.07, 6.45) is 5.08. The van der Waals surface area contributed by atoms with E-state index in [9.17, 15) is 13.2 Å². The monoisotopic (exact) mass is 413 g/mol. The lowest BCUT2D eigenvalue weighted by Gasteiger charge is -2.38. The number of ether oxygens (including phenoxy) is 1. The predicted octanol–water partition coefficient (Wildman–Crippen LogP) is 4.34. The Morgan fingerprint density at radius 1 is 1.03 bits per heavy atom. The summed E-state index contributed by atoms with van der Waals surface area (Å²) in [5.74, 6) is -0.335. The fraction of sp³-hybridized carbons (Fsp3) is 0.435. The van der Waals surface area contributed by atoms with Crippen LogP contribution in [0, 0.1) is 6.92 Å². The maximum Gasteiger partial charge on any atom is 0.318 e. The molecule has 0 radical (unpaired) electrons. The van der Waals surface area contributed by atoms with Gasteiger partial charge >= 0.3 is 5.97 Å². The molecule has 1 aliphatic carbocycles. The Kier molecular flexibility index (Phi) is 5.15. The Balaban J connectivity index is 1.94. The zero-order valence-electron chi connectivity index (χ0n) is 16.9. The minimum Gasteiger partial charge on any atom is -0.468 e. The largest absolute Gasteiger partial charge is 0.468 e. The molecule has 0 amide bonds. The molecule has 0 unspecified atom stereocenters. The van der Waals surface area contributed by atoms with Gasteiger partial charge < -0.3 is 4.74 Å². The maximum atomic E-state index is 13.8. The van der Waals surface area contributed by atoms with Crippen LogP contribution in [0.2, 0.25) is 0 Å². The van der Waals surface area contributed by atoms with Gasteiger partial charge in [-0.1, -0.05) is 61.6 Å². The van der Waals surface area contributed by atoms with Crippen LogP contribution in [0.4, 0.5) is 5.69 Å². The number of carbonyl (C=O) groups excluding carboxylic acids is 1. The van der Waals surface area contributed by atoms with E-state index in [4.69, 9.17) is 4.74 Å². The molecule has 6 heteroatoms. The number of hydrogen-bond acceptors (Lipinski definition) is 4. The van der Waals surface area contributed by atoms with Gasteiger partial charge in [-0.05, 0) is 43.5 Å². The van der Waals surface area contributed by atoms with E-state index in [1.54, 1.807) is 24.3 Å². The first-order chi connectivity index (χ1) is 13.9. The van der Waals surface area contributed by atoms with Gasteiger partial charge in [0.15, 0.2) is 0 Å². The summed E-state index contributed by atoms with van der Waals surface area (Å²) >= 11 is 0. The molecule has 2 aromatic carbocycles. The molecule has 29 heavy (non-hydrogen) atoms. The third-order valence-electron chi connectivity index (χ3n) is 6.40. The fourth-order valence-corrected chi connectivity index (χ4v) is 6.75. The molecule has 0 saturated heterocycles. The Bertz CT molecular complexity index is 1020. The molecule has 0 spiro atoms. The number of aryl methyl sites for hydroxylation is 1. The second-order valence-electron chi connectivity index (χ2n) is 8.06. The minimum absolute atomic E-state index is 0.251. The number of para-hydroxylation sites is 1. The van der Waals surface area contributed by atoms with Crippen LogP contribution in [0.15, 0.2) is 53.4 Å². The zero-order chi connectivity index (χ0) is 20.6. The van der Waals surface area contributed by atoms with E-state index in [2.05, 4.69) is 0 Å². The highest BCUT2D eigenvalue weighted by Crippen LogP contribution is 2.53. The Morgan fingerprint density at radius 2 is 1.72 bits per heavy atom. The van der Waals surface area contributed by atoms with Crippen molar-refractivity contribution in [1.82, 2.24) is 0 Å². The highest BCUT2D eigenvalue weighted by atomic mass is 32.2. The first kappa shape index (κ1) is 20.0. The molecule has 1 heterocycles. The molecule has 1 aliphatic heterocycles. The maximum absolute atomic E-state index is 13.8. The highest BCUT2D eigenvalue weighted by Gasteiger charge is 2.59. The average Bonchev–Trinajstić information content (AvgIpc) is 2.98. The standard InChI is InChI=1S/C23H27NO4S/c1-17-12-14-18(15-13-17)29(26,27)24-20-10-7-6-9-19(20)23(22(25)28-2)16-8-4-3-5-11-21(23)24/h6-7,9-10,12-15,21H,3-5,8,11,16H2,1-2H3/t21-,23+/m0/s1. The Hall–Kier alpha value is -2.34. The molecule has 2 atom stereocenters. The van der Waals surface area contributed by atoms with E-state index in [1.165, 1.54) is 11.4 Å². The normalized spacial score (nSPS) is 24.2. The quantitative estimate of drug-likeness (QED) is 0.703. The highest BCUT2D eigenvalue weighted by molar-refractivity contribution is 7.92. The lowest BCUT2D eigenvalue weighted by atomic mass is 9.70. The van der Waals surface area contributed by atoms with Crippen molar-refractivity contribution >= 4 is 21.7 Å². The van der Waals surface area contributed by atoms with Crippen molar-refractivity contribution < 1.29 is 17.9 Å². The molecule has 2 aliphatic rings. The number of fused-ring (bicyclic) bond motifs is 3. The van der Waals surface area contributed by atoms with Crippen molar-refractivity contribution in [2.75, 3.05) is 11.4 Å². The number of hydrogen-bond donors (Lipinski definition) is 0. The van der Waals surface area contributed by atoms with Gasteiger partial charge in [-0.25, -0.2) is 8.42 Å². The predicted molar refractivity (Wildman–Crippen MR) is 112 cm³/mol. The van der Waals surface area contributed by atoms with Crippen LogP contribution in [-0.2, 0) is 25.0 Å². The lowest BCUT2D eigenvalue weighted by molar-refractivity contribution is -0.148. The summed E-state index contributed by atoms with van der Waals surface area (Å²) in [6.45, 7) is 1.93. The molecular formula is C23H27NO4S. The van der Waals surface area contributed by atoms with E-state index >= 15 is 0 Å². The third kappa shape index (κ3) is 3.05. The van der Waals surface area contributed by atoms with Gasteiger partial charge in [0.2, 0.25) is 0 Å². The average molecular weight is 414 g/mol. The molecule has 1 fully saturated rings. The van der Waals surface area contributed by atoms with E-state index in [0.29, 0.717) is 18.5 Å². The molecule has 154 valence electrons. The van der Waals surface area contributed by atoms with Gasteiger partial charge in [0.25, 0.3) is 10.0 Å². The van der Waals surface area contributed by atoms with Crippen LogP contribution in [0.3, 0.4) is 0 Å². The van der Waals surface area contributed by atoms with E-state index < -0.39 is 21.5 Å². The van der Waals surface area contributed by atoms with Crippen molar-refractivity contribution in [3.05, 3.63) is 59.7 Å². The summed E-state index contributed by atoms with van der Waals surface area (Å²) in [5.41, 5.74) is 1.42. The first-order valence-corrected chi connectivity index (χ1v) is 11.7. The van der Waals surface area contributed by atoms with Crippen molar-refractivity contribution in [3.8, 4) is 0 Å². The Morgan fingerprint density at radius 3 is 2.45 bits per heavy atom. The molecule has 4 rings (SSSR count). The summed E-state index contributed by atoms with van der Waals surface area (Å²) in [5, 5.41) is 0. The molecule has 5 nitrogen and oxygen atoms in total. The SMILES string of the molecule is COC(=O)[C@@]12CCCCCC[C@@H]1N(S(=O)(=O)c1ccc(C)cc1)c1ccccc12. The van der Waals surface area contributed by atoms with Crippen LogP contribution in [-0.4, -0.2) is 27.5 Å². The lowest BCUT2D eigenvalue weighted by Crippen LogP contribution is -2.52. The first-order valence-electron chi connectivity index (χ1n) is 10.2. The number of nitrogens with zero attached hydrogens (tertiary/aromatic N) is 1. The molecule has 1 saturated carbocycles. The number of sulfonamides is 1. The van der Waals surface area contributed by atoms with Crippen LogP contribution < -0.4 is 4.31 Å². The number of carbonyl (C=O) groups is 1. The second kappa shape index (κ2) is 7.48. The minimum atomic E-state index is -3.82. The fourth-order valence-electron chi connectivity index (χ4n) is 5.00. The van der Waals surface area contributed by atoms with Crippen molar-refractivity contribution in [1.29, 1.82) is 0 Å². The van der Waals surface area contributed by atoms with Gasteiger partial charge in [0.1, 0.15) is 5.41 Å². The van der Waals surface area contributed by atoms with Gasteiger partial charge in [-0.2, -0.15) is 0 Å². The zero-order valence-corrected chi connectivity index (χ0v) is 17.7. The summed E-state index contributed by atoms with van der Waals surface area (Å²) in [4.78, 5) is 13.5. The Labute approximate surface area is 172 Å². The van der Waals surface area contributed by atoms with Crippen LogP contribution in [0.25, 0.3) is 0 Å². The molecule has 2 aromatic rings. The summed E-state index contributed by atoms with van der Waals surface area (Å²) in [6, 6.07) is 13.9. The number of esters is 1. The molecule has 0 bridgehead atoms. The third-order valence-corrected chi connectivity index (χ3v) is 8.24. The van der Waals surface area contributed by atoms with Crippen LogP contribution in [0.1, 0.15) is 49.7 Å². The van der Waals surface area contributed by atoms with Gasteiger partial charge in [-0.3, -0.25) is 9.10 Å². The van der Waals surface area contributed by atoms with Crippen LogP contribution in [0.5, 0.6) is 0 Å². The molecule has 0 aromatic heterocycles. The summed E-state index contributed by atoms with van der Waals surface area (Å²) in [7, 11) is -2.43. The number of methoxy groups -OCH3 is 1. The number of benzene rings is 2. The van der Waals surface area contributed by atoms with Gasteiger partial charge in [0.05, 0.1) is 23.7 Å². The van der Waals surface area contributed by atoms with Crippen LogP contribution >= 0.6 is 0 Å². The van der Waals surface area contributed by atoms with E-state index in [1.807, 2.05) is 31.2 Å². The van der Waals surface area contributed by atoms with Gasteiger partial charge in [-0.15, -0.1) is 0 Å². The van der Waals surface area contributed by atoms with Crippen molar-refractivity contribution in [3.63, 3.8) is 0 Å².